The van der Waals surface area contributed by atoms with Crippen molar-refractivity contribution in [2.75, 3.05) is 6.61 Å². The Morgan fingerprint density at radius 3 is 1.79 bits per heavy atom. The number of aryl methyl sites for hydroxylation is 1. The molecule has 0 saturated heterocycles. The Labute approximate surface area is 140 Å². The first kappa shape index (κ1) is 19.5. The maximum absolute atomic E-state index is 10.4. The van der Waals surface area contributed by atoms with Crippen molar-refractivity contribution in [1.82, 2.24) is 0 Å². The van der Waals surface area contributed by atoms with Crippen molar-refractivity contribution in [3.63, 3.8) is 0 Å². The van der Waals surface area contributed by atoms with Crippen LogP contribution in [0.1, 0.15) is 17.5 Å². The molecule has 0 aliphatic carbocycles. The number of carboxylic acid groups (broad SMARTS) is 1. The van der Waals surface area contributed by atoms with Crippen LogP contribution in [0.5, 0.6) is 11.5 Å². The van der Waals surface area contributed by atoms with Crippen LogP contribution in [0.3, 0.4) is 0 Å². The van der Waals surface area contributed by atoms with E-state index >= 15 is 0 Å². The van der Waals surface area contributed by atoms with Gasteiger partial charge in [-0.2, -0.15) is 0 Å². The molecule has 1 atom stereocenters. The molecule has 0 saturated carbocycles. The smallest absolute Gasteiger partial charge is 0.320 e. The number of hydrogen-bond acceptors (Lipinski definition) is 5. The summed E-state index contributed by atoms with van der Waals surface area (Å²) in [5.41, 5.74) is 7.27. The molecule has 1 unspecified atom stereocenters. The molecule has 2 rings (SSSR count). The van der Waals surface area contributed by atoms with Gasteiger partial charge in [0.05, 0.1) is 0 Å². The molecule has 0 heterocycles. The monoisotopic (exact) mass is 333 g/mol. The van der Waals surface area contributed by atoms with Crippen molar-refractivity contribution in [2.45, 2.75) is 25.3 Å². The average Bonchev–Trinajstić information content (AvgIpc) is 2.57. The van der Waals surface area contributed by atoms with Gasteiger partial charge in [-0.05, 0) is 54.7 Å². The van der Waals surface area contributed by atoms with Gasteiger partial charge in [0.2, 0.25) is 0 Å². The number of carbonyl (C=O) groups is 1. The fraction of sp³-hybridized carbons (Fsp3) is 0.278. The number of aliphatic carboxylic acids is 1. The Kier molecular flexibility index (Phi) is 8.32. The molecule has 0 radical (unpaired) electrons. The summed E-state index contributed by atoms with van der Waals surface area (Å²) in [5, 5.41) is 34.9. The highest BCUT2D eigenvalue weighted by Gasteiger charge is 2.11. The summed E-state index contributed by atoms with van der Waals surface area (Å²) < 4.78 is 0. The first-order valence-electron chi connectivity index (χ1n) is 7.57. The number of carboxylic acids is 1. The molecule has 130 valence electrons. The van der Waals surface area contributed by atoms with Crippen LogP contribution in [0.4, 0.5) is 0 Å². The van der Waals surface area contributed by atoms with E-state index < -0.39 is 12.0 Å². The van der Waals surface area contributed by atoms with Crippen LogP contribution in [-0.4, -0.2) is 39.0 Å². The summed E-state index contributed by atoms with van der Waals surface area (Å²) in [6.07, 6.45) is 1.93. The van der Waals surface area contributed by atoms with Crippen molar-refractivity contribution >= 4 is 5.97 Å². The van der Waals surface area contributed by atoms with E-state index in [1.54, 1.807) is 24.3 Å². The molecule has 0 aliphatic rings. The van der Waals surface area contributed by atoms with Gasteiger partial charge in [0.25, 0.3) is 0 Å². The minimum atomic E-state index is -1.02. The van der Waals surface area contributed by atoms with Crippen molar-refractivity contribution in [1.29, 1.82) is 0 Å². The van der Waals surface area contributed by atoms with E-state index in [1.807, 2.05) is 12.1 Å². The molecule has 0 amide bonds. The van der Waals surface area contributed by atoms with Gasteiger partial charge >= 0.3 is 5.97 Å². The minimum absolute atomic E-state index is 0.160. The van der Waals surface area contributed by atoms with Gasteiger partial charge in [-0.25, -0.2) is 0 Å². The number of nitrogens with two attached hydrogens (primary N) is 1. The molecule has 6 N–H and O–H groups in total. The molecule has 24 heavy (non-hydrogen) atoms. The van der Waals surface area contributed by atoms with Gasteiger partial charge < -0.3 is 26.2 Å². The SMILES string of the molecule is NC(Cc1ccc(O)cc1)C(=O)O.OCCCc1ccc(O)cc1. The van der Waals surface area contributed by atoms with E-state index in [9.17, 15) is 4.79 Å². The van der Waals surface area contributed by atoms with Gasteiger partial charge in [0.15, 0.2) is 0 Å². The molecule has 0 bridgehead atoms. The molecule has 2 aromatic rings. The number of hydrogen-bond donors (Lipinski definition) is 5. The summed E-state index contributed by atoms with van der Waals surface area (Å²) in [6.45, 7) is 0.223. The van der Waals surface area contributed by atoms with Gasteiger partial charge in [0, 0.05) is 6.61 Å². The Bertz CT molecular complexity index is 610. The molecule has 0 aliphatic heterocycles. The number of aromatic hydroxyl groups is 2. The Hall–Kier alpha value is -2.57. The highest BCUT2D eigenvalue weighted by molar-refractivity contribution is 5.73. The topological polar surface area (TPSA) is 124 Å². The Morgan fingerprint density at radius 2 is 1.38 bits per heavy atom. The standard InChI is InChI=1S/C9H11NO3.C9H12O2/c10-8(9(12)13)5-6-1-3-7(11)4-2-6;10-7-1-2-8-3-5-9(11)6-4-8/h1-4,8,11H,5,10H2,(H,12,13);3-6,10-11H,1-2,7H2. The van der Waals surface area contributed by atoms with E-state index in [-0.39, 0.29) is 24.5 Å². The van der Waals surface area contributed by atoms with E-state index in [2.05, 4.69) is 0 Å². The van der Waals surface area contributed by atoms with Gasteiger partial charge in [-0.3, -0.25) is 4.79 Å². The maximum Gasteiger partial charge on any atom is 0.320 e. The van der Waals surface area contributed by atoms with E-state index in [1.165, 1.54) is 12.1 Å². The highest BCUT2D eigenvalue weighted by atomic mass is 16.4. The molecule has 6 nitrogen and oxygen atoms in total. The number of rotatable bonds is 6. The van der Waals surface area contributed by atoms with Crippen LogP contribution < -0.4 is 5.73 Å². The predicted molar refractivity (Wildman–Crippen MR) is 90.9 cm³/mol. The summed E-state index contributed by atoms with van der Waals surface area (Å²) >= 11 is 0. The lowest BCUT2D eigenvalue weighted by molar-refractivity contribution is -0.138. The van der Waals surface area contributed by atoms with Crippen LogP contribution in [0.25, 0.3) is 0 Å². The zero-order valence-corrected chi connectivity index (χ0v) is 13.3. The number of benzene rings is 2. The van der Waals surface area contributed by atoms with Crippen molar-refractivity contribution in [3.8, 4) is 11.5 Å². The Balaban J connectivity index is 0.000000243. The first-order valence-corrected chi connectivity index (χ1v) is 7.57. The fourth-order valence-corrected chi connectivity index (χ4v) is 1.92. The second-order valence-electron chi connectivity index (χ2n) is 5.31. The second-order valence-corrected chi connectivity index (χ2v) is 5.31. The lowest BCUT2D eigenvalue weighted by atomic mass is 10.1. The maximum atomic E-state index is 10.4. The zero-order valence-electron chi connectivity index (χ0n) is 13.3. The number of phenols is 2. The van der Waals surface area contributed by atoms with Gasteiger partial charge in [-0.15, -0.1) is 0 Å². The molecular weight excluding hydrogens is 310 g/mol. The number of aliphatic hydroxyl groups is 1. The first-order chi connectivity index (χ1) is 11.4. The fourth-order valence-electron chi connectivity index (χ4n) is 1.92. The third-order valence-corrected chi connectivity index (χ3v) is 3.27. The molecule has 0 fully saturated rings. The lowest BCUT2D eigenvalue weighted by Gasteiger charge is -2.05. The molecular formula is C18H23NO5. The third kappa shape index (κ3) is 7.62. The lowest BCUT2D eigenvalue weighted by Crippen LogP contribution is -2.32. The van der Waals surface area contributed by atoms with Crippen LogP contribution in [0.15, 0.2) is 48.5 Å². The summed E-state index contributed by atoms with van der Waals surface area (Å²) in [7, 11) is 0. The normalized spacial score (nSPS) is 11.2. The number of aliphatic hydroxyl groups excluding tert-OH is 1. The molecule has 6 heteroatoms. The van der Waals surface area contributed by atoms with E-state index in [0.717, 1.165) is 24.0 Å². The third-order valence-electron chi connectivity index (χ3n) is 3.27. The quantitative estimate of drug-likeness (QED) is 0.548. The molecule has 0 spiro atoms. The van der Waals surface area contributed by atoms with E-state index in [0.29, 0.717) is 0 Å². The molecule has 0 aromatic heterocycles. The summed E-state index contributed by atoms with van der Waals surface area (Å²) in [5.74, 6) is -0.571. The van der Waals surface area contributed by atoms with Crippen molar-refractivity contribution in [2.24, 2.45) is 5.73 Å². The largest absolute Gasteiger partial charge is 0.508 e. The van der Waals surface area contributed by atoms with Gasteiger partial charge in [-0.1, -0.05) is 24.3 Å². The second kappa shape index (κ2) is 10.3. The summed E-state index contributed by atoms with van der Waals surface area (Å²) in [6, 6.07) is 12.5. The minimum Gasteiger partial charge on any atom is -0.508 e. The number of phenolic OH excluding ortho intramolecular Hbond substituents is 2. The van der Waals surface area contributed by atoms with Crippen LogP contribution in [-0.2, 0) is 17.6 Å². The predicted octanol–water partition coefficient (Wildman–Crippen LogP) is 1.66. The van der Waals surface area contributed by atoms with Crippen molar-refractivity contribution < 1.29 is 25.2 Å². The van der Waals surface area contributed by atoms with Gasteiger partial charge in [0.1, 0.15) is 17.5 Å². The van der Waals surface area contributed by atoms with Crippen molar-refractivity contribution in [3.05, 3.63) is 59.7 Å². The Morgan fingerprint density at radius 1 is 0.917 bits per heavy atom. The molecule has 2 aromatic carbocycles. The van der Waals surface area contributed by atoms with Crippen LogP contribution >= 0.6 is 0 Å². The summed E-state index contributed by atoms with van der Waals surface area (Å²) in [4.78, 5) is 10.4. The average molecular weight is 333 g/mol. The zero-order chi connectivity index (χ0) is 17.9. The highest BCUT2D eigenvalue weighted by Crippen LogP contribution is 2.11. The van der Waals surface area contributed by atoms with Crippen LogP contribution in [0, 0.1) is 0 Å². The van der Waals surface area contributed by atoms with Crippen LogP contribution in [0.2, 0.25) is 0 Å². The van der Waals surface area contributed by atoms with E-state index in [4.69, 9.17) is 26.2 Å².